The molecular formula is C19H27N3O5. The van der Waals surface area contributed by atoms with Gasteiger partial charge >= 0.3 is 12.0 Å². The van der Waals surface area contributed by atoms with E-state index < -0.39 is 5.97 Å². The molecule has 27 heavy (non-hydrogen) atoms. The normalized spacial score (nSPS) is 14.5. The lowest BCUT2D eigenvalue weighted by atomic mass is 10.0. The van der Waals surface area contributed by atoms with Gasteiger partial charge in [-0.05, 0) is 25.3 Å². The molecule has 0 spiro atoms. The van der Waals surface area contributed by atoms with Crippen LogP contribution < -0.4 is 15.4 Å². The van der Waals surface area contributed by atoms with Gasteiger partial charge in [-0.1, -0.05) is 18.2 Å². The van der Waals surface area contributed by atoms with E-state index >= 15 is 0 Å². The molecule has 0 bridgehead atoms. The first-order chi connectivity index (χ1) is 13.0. The smallest absolute Gasteiger partial charge is 0.315 e. The first kappa shape index (κ1) is 20.5. The van der Waals surface area contributed by atoms with E-state index in [2.05, 4.69) is 10.6 Å². The lowest BCUT2D eigenvalue weighted by Crippen LogP contribution is -2.49. The largest absolute Gasteiger partial charge is 0.496 e. The van der Waals surface area contributed by atoms with Gasteiger partial charge in [-0.3, -0.25) is 9.59 Å². The molecule has 0 saturated carbocycles. The maximum Gasteiger partial charge on any atom is 0.315 e. The van der Waals surface area contributed by atoms with Crippen molar-refractivity contribution in [1.82, 2.24) is 15.5 Å². The molecule has 1 fully saturated rings. The van der Waals surface area contributed by atoms with Gasteiger partial charge in [-0.15, -0.1) is 0 Å². The van der Waals surface area contributed by atoms with Crippen LogP contribution in [-0.4, -0.2) is 60.7 Å². The van der Waals surface area contributed by atoms with Gasteiger partial charge in [0.2, 0.25) is 5.91 Å². The second-order valence-electron chi connectivity index (χ2n) is 6.54. The molecule has 1 heterocycles. The summed E-state index contributed by atoms with van der Waals surface area (Å²) in [6.07, 6.45) is 2.12. The quantitative estimate of drug-likeness (QED) is 0.594. The van der Waals surface area contributed by atoms with E-state index in [1.54, 1.807) is 7.11 Å². The van der Waals surface area contributed by atoms with E-state index in [0.29, 0.717) is 51.1 Å². The maximum atomic E-state index is 12.5. The molecule has 3 N–H and O–H groups in total. The van der Waals surface area contributed by atoms with Crippen molar-refractivity contribution in [2.45, 2.75) is 38.1 Å². The second kappa shape index (κ2) is 10.4. The molecule has 8 heteroatoms. The molecule has 1 aromatic carbocycles. The van der Waals surface area contributed by atoms with Gasteiger partial charge in [-0.25, -0.2) is 4.79 Å². The fourth-order valence-corrected chi connectivity index (χ4v) is 3.07. The highest BCUT2D eigenvalue weighted by atomic mass is 16.5. The summed E-state index contributed by atoms with van der Waals surface area (Å²) in [6, 6.07) is 7.21. The Labute approximate surface area is 158 Å². The Balaban J connectivity index is 1.70. The number of rotatable bonds is 8. The fourth-order valence-electron chi connectivity index (χ4n) is 3.07. The Kier molecular flexibility index (Phi) is 7.91. The highest BCUT2D eigenvalue weighted by Crippen LogP contribution is 2.19. The van der Waals surface area contributed by atoms with Crippen LogP contribution in [0.2, 0.25) is 0 Å². The highest BCUT2D eigenvalue weighted by molar-refractivity contribution is 5.79. The van der Waals surface area contributed by atoms with Gasteiger partial charge in [0.25, 0.3) is 0 Å². The molecule has 0 aromatic heterocycles. The van der Waals surface area contributed by atoms with Crippen molar-refractivity contribution in [3.63, 3.8) is 0 Å². The van der Waals surface area contributed by atoms with Gasteiger partial charge in [0.1, 0.15) is 5.75 Å². The Morgan fingerprint density at radius 1 is 1.22 bits per heavy atom. The molecule has 1 aliphatic rings. The van der Waals surface area contributed by atoms with Crippen molar-refractivity contribution in [3.05, 3.63) is 29.8 Å². The van der Waals surface area contributed by atoms with Crippen LogP contribution in [0.4, 0.5) is 4.79 Å². The number of benzene rings is 1. The van der Waals surface area contributed by atoms with E-state index in [-0.39, 0.29) is 24.4 Å². The van der Waals surface area contributed by atoms with Crippen LogP contribution in [-0.2, 0) is 16.0 Å². The van der Waals surface area contributed by atoms with Crippen molar-refractivity contribution >= 4 is 17.9 Å². The summed E-state index contributed by atoms with van der Waals surface area (Å²) >= 11 is 0. The van der Waals surface area contributed by atoms with Crippen LogP contribution >= 0.6 is 0 Å². The van der Waals surface area contributed by atoms with Gasteiger partial charge in [0, 0.05) is 37.7 Å². The van der Waals surface area contributed by atoms with E-state index in [0.717, 1.165) is 5.56 Å². The first-order valence-electron chi connectivity index (χ1n) is 9.15. The average Bonchev–Trinajstić information content (AvgIpc) is 2.66. The van der Waals surface area contributed by atoms with Gasteiger partial charge < -0.3 is 25.4 Å². The predicted octanol–water partition coefficient (Wildman–Crippen LogP) is 1.39. The standard InChI is InChI=1S/C19H27N3O5/c1-27-16-6-3-2-5-14(16)13-17(23)22-11-8-15(9-12-22)21-19(26)20-10-4-7-18(24)25/h2-3,5-6,15H,4,7-13H2,1H3,(H,24,25)(H2,20,21,26). The SMILES string of the molecule is COc1ccccc1CC(=O)N1CCC(NC(=O)NCCCC(=O)O)CC1. The summed E-state index contributed by atoms with van der Waals surface area (Å²) < 4.78 is 5.29. The predicted molar refractivity (Wildman–Crippen MR) is 99.7 cm³/mol. The molecule has 0 aliphatic carbocycles. The average molecular weight is 377 g/mol. The highest BCUT2D eigenvalue weighted by Gasteiger charge is 2.24. The fraction of sp³-hybridized carbons (Fsp3) is 0.526. The van der Waals surface area contributed by atoms with E-state index in [1.807, 2.05) is 29.2 Å². The lowest BCUT2D eigenvalue weighted by Gasteiger charge is -2.32. The first-order valence-corrected chi connectivity index (χ1v) is 9.15. The minimum Gasteiger partial charge on any atom is -0.496 e. The third kappa shape index (κ3) is 6.80. The number of para-hydroxylation sites is 1. The number of hydrogen-bond acceptors (Lipinski definition) is 4. The lowest BCUT2D eigenvalue weighted by molar-refractivity contribution is -0.137. The number of piperidine rings is 1. The van der Waals surface area contributed by atoms with Crippen LogP contribution in [0, 0.1) is 0 Å². The molecule has 148 valence electrons. The zero-order valence-corrected chi connectivity index (χ0v) is 15.6. The Hall–Kier alpha value is -2.77. The molecule has 2 rings (SSSR count). The van der Waals surface area contributed by atoms with E-state index in [4.69, 9.17) is 9.84 Å². The number of aliphatic carboxylic acids is 1. The zero-order valence-electron chi connectivity index (χ0n) is 15.6. The van der Waals surface area contributed by atoms with Crippen LogP contribution in [0.3, 0.4) is 0 Å². The van der Waals surface area contributed by atoms with E-state index in [1.165, 1.54) is 0 Å². The van der Waals surface area contributed by atoms with Crippen molar-refractivity contribution in [2.24, 2.45) is 0 Å². The maximum absolute atomic E-state index is 12.5. The van der Waals surface area contributed by atoms with Crippen molar-refractivity contribution in [1.29, 1.82) is 0 Å². The second-order valence-corrected chi connectivity index (χ2v) is 6.54. The minimum atomic E-state index is -0.873. The molecule has 1 aromatic rings. The minimum absolute atomic E-state index is 0.0137. The molecule has 1 aliphatic heterocycles. The molecule has 0 radical (unpaired) electrons. The van der Waals surface area contributed by atoms with Crippen LogP contribution in [0.5, 0.6) is 5.75 Å². The summed E-state index contributed by atoms with van der Waals surface area (Å²) in [5.41, 5.74) is 0.867. The van der Waals surface area contributed by atoms with Crippen molar-refractivity contribution < 1.29 is 24.2 Å². The molecule has 8 nitrogen and oxygen atoms in total. The summed E-state index contributed by atoms with van der Waals surface area (Å²) in [7, 11) is 1.59. The van der Waals surface area contributed by atoms with Crippen LogP contribution in [0.25, 0.3) is 0 Å². The summed E-state index contributed by atoms with van der Waals surface area (Å²) in [4.78, 5) is 36.6. The Morgan fingerprint density at radius 2 is 1.93 bits per heavy atom. The molecule has 0 atom stereocenters. The number of urea groups is 1. The summed E-state index contributed by atoms with van der Waals surface area (Å²) in [5, 5.41) is 14.1. The zero-order chi connectivity index (χ0) is 19.6. The van der Waals surface area contributed by atoms with E-state index in [9.17, 15) is 14.4 Å². The van der Waals surface area contributed by atoms with Crippen LogP contribution in [0.15, 0.2) is 24.3 Å². The monoisotopic (exact) mass is 377 g/mol. The number of nitrogens with one attached hydrogen (secondary N) is 2. The molecule has 1 saturated heterocycles. The number of carbonyl (C=O) groups is 3. The number of carboxylic acids is 1. The van der Waals surface area contributed by atoms with Crippen molar-refractivity contribution in [3.8, 4) is 5.75 Å². The summed E-state index contributed by atoms with van der Waals surface area (Å²) in [6.45, 7) is 1.52. The molecular weight excluding hydrogens is 350 g/mol. The summed E-state index contributed by atoms with van der Waals surface area (Å²) in [5.74, 6) is -0.111. The third-order valence-corrected chi connectivity index (χ3v) is 4.57. The molecule has 0 unspecified atom stereocenters. The number of ether oxygens (including phenoxy) is 1. The topological polar surface area (TPSA) is 108 Å². The number of hydrogen-bond donors (Lipinski definition) is 3. The number of methoxy groups -OCH3 is 1. The van der Waals surface area contributed by atoms with Crippen LogP contribution in [0.1, 0.15) is 31.2 Å². The number of likely N-dealkylation sites (tertiary alicyclic amines) is 1. The Morgan fingerprint density at radius 3 is 2.59 bits per heavy atom. The van der Waals surface area contributed by atoms with Gasteiger partial charge in [0.05, 0.1) is 13.5 Å². The van der Waals surface area contributed by atoms with Gasteiger partial charge in [-0.2, -0.15) is 0 Å². The number of amides is 3. The van der Waals surface area contributed by atoms with Crippen molar-refractivity contribution in [2.75, 3.05) is 26.7 Å². The Bertz CT molecular complexity index is 657. The molecule has 3 amide bonds. The third-order valence-electron chi connectivity index (χ3n) is 4.57. The number of carbonyl (C=O) groups excluding carboxylic acids is 2. The number of carboxylic acid groups (broad SMARTS) is 1. The number of nitrogens with zero attached hydrogens (tertiary/aromatic N) is 1. The van der Waals surface area contributed by atoms with Gasteiger partial charge in [0.15, 0.2) is 0 Å².